The fourth-order valence-corrected chi connectivity index (χ4v) is 12.2. The van der Waals surface area contributed by atoms with Crippen LogP contribution in [0.1, 0.15) is 59.2 Å². The van der Waals surface area contributed by atoms with Crippen molar-refractivity contribution in [3.05, 3.63) is 337 Å². The monoisotopic (exact) mass is 1110 g/mol. The summed E-state index contributed by atoms with van der Waals surface area (Å²) >= 11 is 0. The second-order valence-electron chi connectivity index (χ2n) is 22.5. The fourth-order valence-electron chi connectivity index (χ4n) is 12.2. The Bertz CT molecular complexity index is 4550. The molecule has 420 valence electrons. The van der Waals surface area contributed by atoms with Gasteiger partial charge in [-0.3, -0.25) is 0 Å². The Kier molecular flexibility index (Phi) is 16.9. The molecule has 0 heterocycles. The lowest BCUT2D eigenvalue weighted by Crippen LogP contribution is -2.13. The van der Waals surface area contributed by atoms with Crippen LogP contribution >= 0.6 is 0 Å². The number of hydrogen-bond acceptors (Lipinski definition) is 2. The van der Waals surface area contributed by atoms with Crippen molar-refractivity contribution in [2.24, 2.45) is 0 Å². The van der Waals surface area contributed by atoms with Gasteiger partial charge in [0.1, 0.15) is 0 Å². The van der Waals surface area contributed by atoms with Gasteiger partial charge in [-0.1, -0.05) is 251 Å². The zero-order valence-corrected chi connectivity index (χ0v) is 50.8. The number of anilines is 6. The summed E-state index contributed by atoms with van der Waals surface area (Å²) < 4.78 is 0. The number of nitrogens with zero attached hydrogens (tertiary/aromatic N) is 2. The van der Waals surface area contributed by atoms with E-state index in [-0.39, 0.29) is 0 Å². The maximum Gasteiger partial charge on any atom is 0.0546 e. The first kappa shape index (κ1) is 57.5. The molecule has 86 heavy (non-hydrogen) atoms. The molecule has 0 aromatic heterocycles. The summed E-state index contributed by atoms with van der Waals surface area (Å²) in [6.07, 6.45) is 16.8. The molecule has 11 aromatic rings. The first-order chi connectivity index (χ1) is 41.8. The Balaban J connectivity index is 1.00. The summed E-state index contributed by atoms with van der Waals surface area (Å²) in [5.74, 6) is 0. The third-order valence-electron chi connectivity index (χ3n) is 16.7. The van der Waals surface area contributed by atoms with E-state index in [1.807, 2.05) is 24.3 Å². The zero-order valence-electron chi connectivity index (χ0n) is 50.8. The van der Waals surface area contributed by atoms with Crippen molar-refractivity contribution in [1.29, 1.82) is 0 Å². The van der Waals surface area contributed by atoms with E-state index >= 15 is 0 Å². The summed E-state index contributed by atoms with van der Waals surface area (Å²) in [6.45, 7) is 31.6. The second-order valence-corrected chi connectivity index (χ2v) is 22.5. The molecule has 0 aliphatic rings. The highest BCUT2D eigenvalue weighted by atomic mass is 15.2. The third-order valence-corrected chi connectivity index (χ3v) is 16.7. The van der Waals surface area contributed by atoms with Gasteiger partial charge < -0.3 is 9.80 Å². The molecule has 0 atom stereocenters. The minimum Gasteiger partial charge on any atom is -0.310 e. The van der Waals surface area contributed by atoms with Gasteiger partial charge in [-0.05, 0) is 208 Å². The number of rotatable bonds is 18. The van der Waals surface area contributed by atoms with Crippen LogP contribution in [0.3, 0.4) is 0 Å². The quantitative estimate of drug-likeness (QED) is 0.0624. The van der Waals surface area contributed by atoms with Gasteiger partial charge in [0, 0.05) is 33.5 Å². The predicted octanol–water partition coefficient (Wildman–Crippen LogP) is 24.4. The first-order valence-electron chi connectivity index (χ1n) is 29.8. The number of fused-ring (bicyclic) bond motifs is 5. The number of allylic oxidation sites excluding steroid dienone is 12. The van der Waals surface area contributed by atoms with Crippen molar-refractivity contribution in [2.45, 2.75) is 54.9 Å². The van der Waals surface area contributed by atoms with Gasteiger partial charge in [0.15, 0.2) is 0 Å². The van der Waals surface area contributed by atoms with Crippen molar-refractivity contribution >= 4 is 77.6 Å². The lowest BCUT2D eigenvalue weighted by Gasteiger charge is -2.31. The van der Waals surface area contributed by atoms with Crippen LogP contribution in [-0.2, 0) is 0 Å². The summed E-state index contributed by atoms with van der Waals surface area (Å²) in [4.78, 5) is 4.94. The minimum absolute atomic E-state index is 0.889. The standard InChI is InChI=1S/C84H74N2/c1-12-16-23-58(7)63(14-3)52-64(15-4)65-33-35-66(36-34-65)67-37-42-72(43-38-67)85(81-47-31-56(5)49-61(81)10)83-54-79-76-28-19-21-30-78(76)84(55-80(79)75-27-18-20-29-77(75)83)86(82-48-32-57(6)50-62(82)11)73-44-39-68(40-45-73)70-41-46-74(60(9)51-70)71-26-22-25-69(53-71)59(8)24-17-13-2/h12-13,15-55H,1-2,7-8,14H2,3-6,9-11H3. The molecular formula is C84H74N2. The van der Waals surface area contributed by atoms with E-state index < -0.39 is 0 Å². The van der Waals surface area contributed by atoms with E-state index in [0.717, 1.165) is 73.9 Å². The van der Waals surface area contributed by atoms with Gasteiger partial charge in [0.2, 0.25) is 0 Å². The Labute approximate surface area is 510 Å². The van der Waals surface area contributed by atoms with Crippen LogP contribution in [0.15, 0.2) is 298 Å². The molecule has 0 fully saturated rings. The summed E-state index contributed by atoms with van der Waals surface area (Å²) in [5.41, 5.74) is 26.4. The highest BCUT2D eigenvalue weighted by molar-refractivity contribution is 6.24. The van der Waals surface area contributed by atoms with Crippen LogP contribution in [0.4, 0.5) is 34.1 Å². The van der Waals surface area contributed by atoms with Crippen molar-refractivity contribution in [1.82, 2.24) is 0 Å². The second kappa shape index (κ2) is 25.3. The molecule has 0 saturated heterocycles. The van der Waals surface area contributed by atoms with Crippen molar-refractivity contribution in [3.63, 3.8) is 0 Å². The predicted molar refractivity (Wildman–Crippen MR) is 377 cm³/mol. The first-order valence-corrected chi connectivity index (χ1v) is 29.8. The lowest BCUT2D eigenvalue weighted by atomic mass is 9.92. The molecule has 0 saturated carbocycles. The van der Waals surface area contributed by atoms with Crippen LogP contribution in [-0.4, -0.2) is 0 Å². The van der Waals surface area contributed by atoms with E-state index in [0.29, 0.717) is 0 Å². The molecule has 0 amide bonds. The third kappa shape index (κ3) is 11.7. The Morgan fingerprint density at radius 3 is 1.38 bits per heavy atom. The van der Waals surface area contributed by atoms with E-state index in [2.05, 4.69) is 309 Å². The van der Waals surface area contributed by atoms with Gasteiger partial charge in [-0.15, -0.1) is 0 Å². The molecule has 2 heteroatoms. The van der Waals surface area contributed by atoms with Crippen LogP contribution in [0, 0.1) is 34.6 Å². The lowest BCUT2D eigenvalue weighted by molar-refractivity contribution is 1.13. The maximum atomic E-state index is 4.32. The normalized spacial score (nSPS) is 11.9. The van der Waals surface area contributed by atoms with Crippen LogP contribution < -0.4 is 9.80 Å². The molecule has 11 rings (SSSR count). The van der Waals surface area contributed by atoms with E-state index in [9.17, 15) is 0 Å². The topological polar surface area (TPSA) is 6.48 Å². The summed E-state index contributed by atoms with van der Waals surface area (Å²) in [6, 6.07) is 79.0. The molecule has 0 unspecified atom stereocenters. The molecule has 0 spiro atoms. The molecule has 0 aliphatic heterocycles. The number of hydrogen-bond donors (Lipinski definition) is 0. The van der Waals surface area contributed by atoms with Gasteiger partial charge >= 0.3 is 0 Å². The Morgan fingerprint density at radius 2 is 0.895 bits per heavy atom. The largest absolute Gasteiger partial charge is 0.310 e. The van der Waals surface area contributed by atoms with E-state index in [1.54, 1.807) is 12.2 Å². The fraction of sp³-hybridized carbons (Fsp3) is 0.0952. The average molecular weight is 1110 g/mol. The molecule has 2 nitrogen and oxygen atoms in total. The summed E-state index contributed by atoms with van der Waals surface area (Å²) in [5, 5.41) is 7.10. The molecule has 0 bridgehead atoms. The number of aryl methyl sites for hydroxylation is 5. The van der Waals surface area contributed by atoms with Gasteiger partial charge in [-0.25, -0.2) is 0 Å². The Hall–Kier alpha value is -10.3. The zero-order chi connectivity index (χ0) is 60.0. The smallest absolute Gasteiger partial charge is 0.0546 e. The molecule has 0 aliphatic carbocycles. The van der Waals surface area contributed by atoms with E-state index in [1.165, 1.54) is 93.5 Å². The Morgan fingerprint density at radius 1 is 0.407 bits per heavy atom. The van der Waals surface area contributed by atoms with Gasteiger partial charge in [0.25, 0.3) is 0 Å². The molecule has 0 N–H and O–H groups in total. The number of benzene rings is 11. The van der Waals surface area contributed by atoms with E-state index in [4.69, 9.17) is 0 Å². The van der Waals surface area contributed by atoms with Gasteiger partial charge in [0.05, 0.1) is 11.4 Å². The average Bonchev–Trinajstić information content (AvgIpc) is 1.03. The van der Waals surface area contributed by atoms with Crippen molar-refractivity contribution < 1.29 is 0 Å². The molecule has 0 radical (unpaired) electrons. The highest BCUT2D eigenvalue weighted by Gasteiger charge is 2.24. The highest BCUT2D eigenvalue weighted by Crippen LogP contribution is 2.49. The maximum absolute atomic E-state index is 4.32. The molecule has 11 aromatic carbocycles. The van der Waals surface area contributed by atoms with Gasteiger partial charge in [-0.2, -0.15) is 0 Å². The van der Waals surface area contributed by atoms with Crippen LogP contribution in [0.2, 0.25) is 0 Å². The van der Waals surface area contributed by atoms with Crippen LogP contribution in [0.25, 0.3) is 76.8 Å². The van der Waals surface area contributed by atoms with Crippen molar-refractivity contribution in [3.8, 4) is 33.4 Å². The van der Waals surface area contributed by atoms with Crippen LogP contribution in [0.5, 0.6) is 0 Å². The van der Waals surface area contributed by atoms with Crippen molar-refractivity contribution in [2.75, 3.05) is 9.80 Å². The summed E-state index contributed by atoms with van der Waals surface area (Å²) in [7, 11) is 0. The SMILES string of the molecule is C=CC=CC(=C)C(=CC(=CC)c1ccc(-c2ccc(N(c3ccc(C)cc3C)c3cc4c5ccccc5c(N(c5ccc(-c6ccc(-c7cccc(C(=C)C=CC=C)c7)c(C)c6)cc5)c5ccc(C)cc5C)cc4c4ccccc34)cc2)cc1)CC. The minimum atomic E-state index is 0.889. The molecular weight excluding hydrogens is 1040 g/mol.